The zero-order chi connectivity index (χ0) is 13.9. The third kappa shape index (κ3) is 3.47. The van der Waals surface area contributed by atoms with Gasteiger partial charge in [-0.05, 0) is 39.0 Å². The Morgan fingerprint density at radius 1 is 1.37 bits per heavy atom. The molecule has 0 bridgehead atoms. The Hall–Kier alpha value is -1.10. The number of carboxylic acid groups (broad SMARTS) is 1. The summed E-state index contributed by atoms with van der Waals surface area (Å²) in [5.74, 6) is -0.609. The monoisotopic (exact) mass is 269 g/mol. The van der Waals surface area contributed by atoms with Crippen LogP contribution in [0.5, 0.6) is 0 Å². The van der Waals surface area contributed by atoms with Crippen LogP contribution in [0.3, 0.4) is 0 Å². The summed E-state index contributed by atoms with van der Waals surface area (Å²) >= 11 is 0. The van der Waals surface area contributed by atoms with Gasteiger partial charge < -0.3 is 14.7 Å². The number of carbonyl (C=O) groups excluding carboxylic acids is 1. The van der Waals surface area contributed by atoms with Gasteiger partial charge in [-0.1, -0.05) is 0 Å². The summed E-state index contributed by atoms with van der Waals surface area (Å²) in [6.45, 7) is 3.71. The largest absolute Gasteiger partial charge is 0.481 e. The topological polar surface area (TPSA) is 66.8 Å². The first-order valence-electron chi connectivity index (χ1n) is 7.14. The average Bonchev–Trinajstić information content (AvgIpc) is 2.90. The number of rotatable bonds is 4. The number of carboxylic acids is 1. The second-order valence-electron chi connectivity index (χ2n) is 5.92. The second-order valence-corrected chi connectivity index (χ2v) is 5.92. The van der Waals surface area contributed by atoms with Crippen molar-refractivity contribution in [1.29, 1.82) is 0 Å². The van der Waals surface area contributed by atoms with Crippen LogP contribution in [0.4, 0.5) is 0 Å². The van der Waals surface area contributed by atoms with E-state index >= 15 is 0 Å². The lowest BCUT2D eigenvalue weighted by Crippen LogP contribution is -2.45. The molecule has 2 aliphatic heterocycles. The van der Waals surface area contributed by atoms with Crippen molar-refractivity contribution in [3.05, 3.63) is 0 Å². The van der Waals surface area contributed by atoms with Crippen LogP contribution in [0.1, 0.15) is 45.4 Å². The summed E-state index contributed by atoms with van der Waals surface area (Å²) < 4.78 is 5.51. The van der Waals surface area contributed by atoms with Crippen LogP contribution in [-0.4, -0.2) is 47.7 Å². The first kappa shape index (κ1) is 14.3. The molecule has 2 aliphatic rings. The number of ether oxygens (including phenoxy) is 1. The zero-order valence-corrected chi connectivity index (χ0v) is 11.6. The fraction of sp³-hybridized carbons (Fsp3) is 0.857. The van der Waals surface area contributed by atoms with Gasteiger partial charge in [0.25, 0.3) is 0 Å². The van der Waals surface area contributed by atoms with Crippen molar-refractivity contribution in [2.24, 2.45) is 5.41 Å². The minimum absolute atomic E-state index is 0.142. The molecule has 1 unspecified atom stereocenters. The molecule has 2 saturated heterocycles. The molecule has 1 N–H and O–H groups in total. The molecule has 0 radical (unpaired) electrons. The minimum Gasteiger partial charge on any atom is -0.481 e. The lowest BCUT2D eigenvalue weighted by Gasteiger charge is -2.36. The lowest BCUT2D eigenvalue weighted by atomic mass is 9.80. The van der Waals surface area contributed by atoms with Crippen molar-refractivity contribution in [2.75, 3.05) is 19.7 Å². The molecule has 5 nitrogen and oxygen atoms in total. The first-order chi connectivity index (χ1) is 9.01. The van der Waals surface area contributed by atoms with E-state index in [1.165, 1.54) is 0 Å². The normalized spacial score (nSPS) is 26.4. The van der Waals surface area contributed by atoms with E-state index in [2.05, 4.69) is 0 Å². The molecular formula is C14H23NO4. The van der Waals surface area contributed by atoms with Crippen LogP contribution in [0, 0.1) is 5.41 Å². The molecule has 0 aromatic carbocycles. The van der Waals surface area contributed by atoms with Crippen LogP contribution >= 0.6 is 0 Å². The molecule has 2 heterocycles. The van der Waals surface area contributed by atoms with Crippen LogP contribution in [0.2, 0.25) is 0 Å². The standard InChI is InChI=1S/C14H23NO4/c1-14(13(17)18)6-8-15(9-7-14)12(16)5-4-11-3-2-10-19-11/h11H,2-10H2,1H3,(H,17,18). The number of aliphatic carboxylic acids is 1. The van der Waals surface area contributed by atoms with Gasteiger partial charge in [0.15, 0.2) is 0 Å². The maximum Gasteiger partial charge on any atom is 0.309 e. The van der Waals surface area contributed by atoms with Crippen molar-refractivity contribution < 1.29 is 19.4 Å². The van der Waals surface area contributed by atoms with Crippen LogP contribution in [0.25, 0.3) is 0 Å². The average molecular weight is 269 g/mol. The highest BCUT2D eigenvalue weighted by Gasteiger charge is 2.37. The first-order valence-corrected chi connectivity index (χ1v) is 7.14. The van der Waals surface area contributed by atoms with Crippen molar-refractivity contribution in [3.8, 4) is 0 Å². The fourth-order valence-electron chi connectivity index (χ4n) is 2.78. The molecule has 1 amide bonds. The van der Waals surface area contributed by atoms with E-state index in [9.17, 15) is 9.59 Å². The fourth-order valence-corrected chi connectivity index (χ4v) is 2.78. The van der Waals surface area contributed by atoms with E-state index in [1.54, 1.807) is 11.8 Å². The second kappa shape index (κ2) is 5.90. The van der Waals surface area contributed by atoms with Crippen LogP contribution in [0.15, 0.2) is 0 Å². The number of nitrogens with zero attached hydrogens (tertiary/aromatic N) is 1. The van der Waals surface area contributed by atoms with Crippen LogP contribution in [-0.2, 0) is 14.3 Å². The van der Waals surface area contributed by atoms with E-state index in [0.29, 0.717) is 32.4 Å². The number of hydrogen-bond donors (Lipinski definition) is 1. The molecule has 1 atom stereocenters. The van der Waals surface area contributed by atoms with Gasteiger partial charge in [0, 0.05) is 26.1 Å². The number of carbonyl (C=O) groups is 2. The van der Waals surface area contributed by atoms with Crippen molar-refractivity contribution in [1.82, 2.24) is 4.90 Å². The Bertz CT molecular complexity index is 341. The van der Waals surface area contributed by atoms with Crippen molar-refractivity contribution in [3.63, 3.8) is 0 Å². The van der Waals surface area contributed by atoms with Gasteiger partial charge in [-0.15, -0.1) is 0 Å². The third-order valence-electron chi connectivity index (χ3n) is 4.44. The minimum atomic E-state index is -0.751. The Labute approximate surface area is 113 Å². The Balaban J connectivity index is 1.74. The molecule has 2 rings (SSSR count). The van der Waals surface area contributed by atoms with Gasteiger partial charge in [0.1, 0.15) is 0 Å². The van der Waals surface area contributed by atoms with E-state index in [0.717, 1.165) is 25.9 Å². The molecule has 108 valence electrons. The van der Waals surface area contributed by atoms with Gasteiger partial charge in [0.05, 0.1) is 11.5 Å². The zero-order valence-electron chi connectivity index (χ0n) is 11.6. The number of hydrogen-bond acceptors (Lipinski definition) is 3. The van der Waals surface area contributed by atoms with Gasteiger partial charge in [-0.3, -0.25) is 9.59 Å². The summed E-state index contributed by atoms with van der Waals surface area (Å²) in [7, 11) is 0. The smallest absolute Gasteiger partial charge is 0.309 e. The number of likely N-dealkylation sites (tertiary alicyclic amines) is 1. The highest BCUT2D eigenvalue weighted by molar-refractivity contribution is 5.78. The number of amides is 1. The quantitative estimate of drug-likeness (QED) is 0.843. The maximum absolute atomic E-state index is 12.1. The van der Waals surface area contributed by atoms with Crippen LogP contribution < -0.4 is 0 Å². The highest BCUT2D eigenvalue weighted by atomic mass is 16.5. The predicted octanol–water partition coefficient (Wildman–Crippen LogP) is 1.66. The van der Waals surface area contributed by atoms with Crippen molar-refractivity contribution in [2.45, 2.75) is 51.6 Å². The lowest BCUT2D eigenvalue weighted by molar-refractivity contribution is -0.153. The molecule has 19 heavy (non-hydrogen) atoms. The maximum atomic E-state index is 12.1. The summed E-state index contributed by atoms with van der Waals surface area (Å²) in [5, 5.41) is 9.15. The summed E-state index contributed by atoms with van der Waals surface area (Å²) in [6.07, 6.45) is 4.82. The van der Waals surface area contributed by atoms with Crippen molar-refractivity contribution >= 4 is 11.9 Å². The third-order valence-corrected chi connectivity index (χ3v) is 4.44. The molecular weight excluding hydrogens is 246 g/mol. The number of piperidine rings is 1. The Kier molecular flexibility index (Phi) is 4.45. The molecule has 0 aromatic heterocycles. The van der Waals surface area contributed by atoms with E-state index in [-0.39, 0.29) is 12.0 Å². The molecule has 0 spiro atoms. The Morgan fingerprint density at radius 3 is 2.58 bits per heavy atom. The van der Waals surface area contributed by atoms with E-state index in [1.807, 2.05) is 0 Å². The Morgan fingerprint density at radius 2 is 2.05 bits per heavy atom. The molecule has 5 heteroatoms. The van der Waals surface area contributed by atoms with Gasteiger partial charge in [-0.25, -0.2) is 0 Å². The summed E-state index contributed by atoms with van der Waals surface area (Å²) in [5.41, 5.74) is -0.661. The van der Waals surface area contributed by atoms with E-state index < -0.39 is 11.4 Å². The van der Waals surface area contributed by atoms with Gasteiger partial charge in [-0.2, -0.15) is 0 Å². The van der Waals surface area contributed by atoms with E-state index in [4.69, 9.17) is 9.84 Å². The molecule has 0 aliphatic carbocycles. The molecule has 0 aromatic rings. The SMILES string of the molecule is CC1(C(=O)O)CCN(C(=O)CCC2CCCO2)CC1. The molecule has 0 saturated carbocycles. The summed E-state index contributed by atoms with van der Waals surface area (Å²) in [6, 6.07) is 0. The predicted molar refractivity (Wildman–Crippen MR) is 69.8 cm³/mol. The molecule has 2 fully saturated rings. The summed E-state index contributed by atoms with van der Waals surface area (Å²) in [4.78, 5) is 25.0. The van der Waals surface area contributed by atoms with Gasteiger partial charge in [0.2, 0.25) is 5.91 Å². The van der Waals surface area contributed by atoms with Gasteiger partial charge >= 0.3 is 5.97 Å². The highest BCUT2D eigenvalue weighted by Crippen LogP contribution is 2.31.